The molecule has 1 heterocycles. The van der Waals surface area contributed by atoms with E-state index in [9.17, 15) is 14.7 Å². The van der Waals surface area contributed by atoms with Crippen LogP contribution in [-0.2, 0) is 11.2 Å². The summed E-state index contributed by atoms with van der Waals surface area (Å²) >= 11 is 0. The minimum absolute atomic E-state index is 0.0624. The fourth-order valence-electron chi connectivity index (χ4n) is 2.94. The van der Waals surface area contributed by atoms with Crippen molar-refractivity contribution in [1.82, 2.24) is 0 Å². The molecule has 2 aromatic rings. The maximum atomic E-state index is 12.6. The molecule has 0 radical (unpaired) electrons. The number of nitrogens with zero attached hydrogens (tertiary/aromatic N) is 1. The van der Waals surface area contributed by atoms with Gasteiger partial charge in [0.1, 0.15) is 11.3 Å². The first-order valence-corrected chi connectivity index (χ1v) is 7.91. The molecular formula is C19H19NO4. The molecule has 1 aliphatic heterocycles. The van der Waals surface area contributed by atoms with Gasteiger partial charge >= 0.3 is 5.97 Å². The largest absolute Gasteiger partial charge is 0.483 e. The molecule has 0 aliphatic carbocycles. The molecule has 0 atom stereocenters. The second-order valence-electron chi connectivity index (χ2n) is 5.87. The number of carboxylic acid groups (broad SMARTS) is 1. The van der Waals surface area contributed by atoms with Gasteiger partial charge in [0.2, 0.25) is 0 Å². The number of aromatic carboxylic acids is 1. The Hall–Kier alpha value is -2.82. The molecular weight excluding hydrogens is 306 g/mol. The van der Waals surface area contributed by atoms with E-state index in [1.165, 1.54) is 6.07 Å². The zero-order valence-corrected chi connectivity index (χ0v) is 13.5. The lowest BCUT2D eigenvalue weighted by Crippen LogP contribution is -2.38. The standard InChI is InChI=1S/C19H19NO4/c1-13-8-9-15(19(22)23)17(11-13)24-12-18(21)20-10-4-6-14-5-2-3-7-16(14)20/h2-3,5,7-9,11H,4,6,10,12H2,1H3,(H,22,23). The van der Waals surface area contributed by atoms with Gasteiger partial charge in [-0.15, -0.1) is 0 Å². The zero-order valence-electron chi connectivity index (χ0n) is 13.5. The van der Waals surface area contributed by atoms with Gasteiger partial charge in [-0.3, -0.25) is 4.79 Å². The molecule has 0 unspecified atom stereocenters. The molecule has 0 bridgehead atoms. The average Bonchev–Trinajstić information content (AvgIpc) is 2.59. The summed E-state index contributed by atoms with van der Waals surface area (Å²) in [6.07, 6.45) is 1.87. The molecule has 124 valence electrons. The van der Waals surface area contributed by atoms with Gasteiger partial charge < -0.3 is 14.7 Å². The first-order valence-electron chi connectivity index (χ1n) is 7.91. The Morgan fingerprint density at radius 1 is 1.21 bits per heavy atom. The number of carboxylic acids is 1. The van der Waals surface area contributed by atoms with Crippen molar-refractivity contribution in [2.75, 3.05) is 18.1 Å². The third kappa shape index (κ3) is 3.25. The SMILES string of the molecule is Cc1ccc(C(=O)O)c(OCC(=O)N2CCCc3ccccc32)c1. The van der Waals surface area contributed by atoms with Crippen molar-refractivity contribution < 1.29 is 19.4 Å². The van der Waals surface area contributed by atoms with Crippen molar-refractivity contribution in [2.24, 2.45) is 0 Å². The highest BCUT2D eigenvalue weighted by Crippen LogP contribution is 2.27. The van der Waals surface area contributed by atoms with Crippen molar-refractivity contribution in [3.63, 3.8) is 0 Å². The maximum Gasteiger partial charge on any atom is 0.339 e. The molecule has 5 nitrogen and oxygen atoms in total. The number of hydrogen-bond donors (Lipinski definition) is 1. The van der Waals surface area contributed by atoms with Crippen molar-refractivity contribution in [3.05, 3.63) is 59.2 Å². The smallest absolute Gasteiger partial charge is 0.339 e. The Morgan fingerprint density at radius 3 is 2.79 bits per heavy atom. The highest BCUT2D eigenvalue weighted by molar-refractivity contribution is 5.96. The van der Waals surface area contributed by atoms with E-state index in [4.69, 9.17) is 4.74 Å². The van der Waals surface area contributed by atoms with Crippen LogP contribution in [0.15, 0.2) is 42.5 Å². The third-order valence-electron chi connectivity index (χ3n) is 4.13. The number of benzene rings is 2. The van der Waals surface area contributed by atoms with E-state index in [0.717, 1.165) is 29.7 Å². The number of carbonyl (C=O) groups excluding carboxylic acids is 1. The van der Waals surface area contributed by atoms with Gasteiger partial charge in [0, 0.05) is 12.2 Å². The van der Waals surface area contributed by atoms with Gasteiger partial charge in [0.05, 0.1) is 0 Å². The number of aryl methyl sites for hydroxylation is 2. The molecule has 5 heteroatoms. The monoisotopic (exact) mass is 325 g/mol. The van der Waals surface area contributed by atoms with E-state index < -0.39 is 5.97 Å². The maximum absolute atomic E-state index is 12.6. The molecule has 0 saturated carbocycles. The molecule has 0 spiro atoms. The van der Waals surface area contributed by atoms with Crippen LogP contribution in [0.25, 0.3) is 0 Å². The van der Waals surface area contributed by atoms with Crippen LogP contribution in [0.2, 0.25) is 0 Å². The van der Waals surface area contributed by atoms with E-state index in [0.29, 0.717) is 6.54 Å². The Labute approximate surface area is 140 Å². The van der Waals surface area contributed by atoms with E-state index >= 15 is 0 Å². The topological polar surface area (TPSA) is 66.8 Å². The third-order valence-corrected chi connectivity index (χ3v) is 4.13. The van der Waals surface area contributed by atoms with E-state index in [1.807, 2.05) is 31.2 Å². The number of ether oxygens (including phenoxy) is 1. The molecule has 2 aromatic carbocycles. The number of rotatable bonds is 4. The number of fused-ring (bicyclic) bond motifs is 1. The summed E-state index contributed by atoms with van der Waals surface area (Å²) in [6, 6.07) is 12.7. The lowest BCUT2D eigenvalue weighted by molar-refractivity contribution is -0.120. The Kier molecular flexibility index (Phi) is 4.51. The molecule has 1 aliphatic rings. The second-order valence-corrected chi connectivity index (χ2v) is 5.87. The van der Waals surface area contributed by atoms with Crippen LogP contribution in [0, 0.1) is 6.92 Å². The molecule has 24 heavy (non-hydrogen) atoms. The highest BCUT2D eigenvalue weighted by atomic mass is 16.5. The Morgan fingerprint density at radius 2 is 2.00 bits per heavy atom. The predicted molar refractivity (Wildman–Crippen MR) is 90.7 cm³/mol. The van der Waals surface area contributed by atoms with Gasteiger partial charge in [0.15, 0.2) is 6.61 Å². The number of para-hydroxylation sites is 1. The summed E-state index contributed by atoms with van der Waals surface area (Å²) in [5, 5.41) is 9.23. The van der Waals surface area contributed by atoms with Crippen LogP contribution in [0.4, 0.5) is 5.69 Å². The molecule has 0 saturated heterocycles. The minimum atomic E-state index is -1.07. The van der Waals surface area contributed by atoms with Crippen LogP contribution >= 0.6 is 0 Å². The normalized spacial score (nSPS) is 13.3. The second kappa shape index (κ2) is 6.74. The van der Waals surface area contributed by atoms with Crippen LogP contribution < -0.4 is 9.64 Å². The summed E-state index contributed by atoms with van der Waals surface area (Å²) in [4.78, 5) is 25.5. The summed E-state index contributed by atoms with van der Waals surface area (Å²) in [5.74, 6) is -1.01. The lowest BCUT2D eigenvalue weighted by atomic mass is 10.0. The van der Waals surface area contributed by atoms with Crippen LogP contribution in [0.1, 0.15) is 27.9 Å². The van der Waals surface area contributed by atoms with Gasteiger partial charge in [-0.2, -0.15) is 0 Å². The van der Waals surface area contributed by atoms with Crippen molar-refractivity contribution in [1.29, 1.82) is 0 Å². The summed E-state index contributed by atoms with van der Waals surface area (Å²) in [6.45, 7) is 2.32. The van der Waals surface area contributed by atoms with Crippen LogP contribution in [0.5, 0.6) is 5.75 Å². The fraction of sp³-hybridized carbons (Fsp3) is 0.263. The Balaban J connectivity index is 1.76. The van der Waals surface area contributed by atoms with Crippen LogP contribution in [0.3, 0.4) is 0 Å². The van der Waals surface area contributed by atoms with Gasteiger partial charge in [-0.05, 0) is 49.1 Å². The Bertz CT molecular complexity index is 785. The average molecular weight is 325 g/mol. The highest BCUT2D eigenvalue weighted by Gasteiger charge is 2.23. The van der Waals surface area contributed by atoms with Gasteiger partial charge in [-0.1, -0.05) is 24.3 Å². The van der Waals surface area contributed by atoms with Gasteiger partial charge in [-0.25, -0.2) is 4.79 Å². The first kappa shape index (κ1) is 16.1. The lowest BCUT2D eigenvalue weighted by Gasteiger charge is -2.29. The van der Waals surface area contributed by atoms with E-state index in [2.05, 4.69) is 0 Å². The summed E-state index contributed by atoms with van der Waals surface area (Å²) < 4.78 is 5.54. The summed E-state index contributed by atoms with van der Waals surface area (Å²) in [7, 11) is 0. The number of amides is 1. The summed E-state index contributed by atoms with van der Waals surface area (Å²) in [5.41, 5.74) is 3.01. The minimum Gasteiger partial charge on any atom is -0.483 e. The first-order chi connectivity index (χ1) is 11.6. The number of carbonyl (C=O) groups is 2. The van der Waals surface area contributed by atoms with E-state index in [1.54, 1.807) is 17.0 Å². The van der Waals surface area contributed by atoms with Crippen molar-refractivity contribution in [2.45, 2.75) is 19.8 Å². The van der Waals surface area contributed by atoms with Gasteiger partial charge in [0.25, 0.3) is 5.91 Å². The predicted octanol–water partition coefficient (Wildman–Crippen LogP) is 3.05. The quantitative estimate of drug-likeness (QED) is 0.938. The van der Waals surface area contributed by atoms with Crippen molar-refractivity contribution >= 4 is 17.6 Å². The van der Waals surface area contributed by atoms with Crippen molar-refractivity contribution in [3.8, 4) is 5.75 Å². The number of anilines is 1. The molecule has 1 N–H and O–H groups in total. The number of hydrogen-bond acceptors (Lipinski definition) is 3. The van der Waals surface area contributed by atoms with E-state index in [-0.39, 0.29) is 23.8 Å². The molecule has 0 fully saturated rings. The molecule has 1 amide bonds. The fourth-order valence-corrected chi connectivity index (χ4v) is 2.94. The molecule has 0 aromatic heterocycles. The zero-order chi connectivity index (χ0) is 17.1. The van der Waals surface area contributed by atoms with Crippen LogP contribution in [-0.4, -0.2) is 30.1 Å². The molecule has 3 rings (SSSR count).